The third kappa shape index (κ3) is 2.68. The third-order valence-electron chi connectivity index (χ3n) is 3.69. The van der Waals surface area contributed by atoms with Gasteiger partial charge in [-0.25, -0.2) is 4.99 Å². The minimum Gasteiger partial charge on any atom is -0.474 e. The average Bonchev–Trinajstić information content (AvgIpc) is 3.09. The van der Waals surface area contributed by atoms with Crippen LogP contribution >= 0.6 is 11.3 Å². The molecule has 5 heteroatoms. The Morgan fingerprint density at radius 2 is 2.00 bits per heavy atom. The van der Waals surface area contributed by atoms with Gasteiger partial charge in [-0.15, -0.1) is 11.3 Å². The van der Waals surface area contributed by atoms with Crippen molar-refractivity contribution in [3.05, 3.63) is 53.7 Å². The molecule has 1 aliphatic heterocycles. The highest BCUT2D eigenvalue weighted by Crippen LogP contribution is 2.39. The zero-order chi connectivity index (χ0) is 15.9. The highest BCUT2D eigenvalue weighted by atomic mass is 32.1. The van der Waals surface area contributed by atoms with Gasteiger partial charge < -0.3 is 10.1 Å². The van der Waals surface area contributed by atoms with Crippen molar-refractivity contribution in [1.82, 2.24) is 4.98 Å². The first-order chi connectivity index (χ1) is 11.1. The number of ether oxygens (including phenoxy) is 1. The number of para-hydroxylation sites is 1. The Morgan fingerprint density at radius 3 is 2.74 bits per heavy atom. The van der Waals surface area contributed by atoms with Crippen LogP contribution in [0.5, 0.6) is 0 Å². The van der Waals surface area contributed by atoms with E-state index in [1.165, 1.54) is 4.70 Å². The predicted molar refractivity (Wildman–Crippen MR) is 95.9 cm³/mol. The van der Waals surface area contributed by atoms with Gasteiger partial charge in [-0.1, -0.05) is 18.2 Å². The van der Waals surface area contributed by atoms with Crippen LogP contribution in [0.3, 0.4) is 0 Å². The largest absolute Gasteiger partial charge is 0.474 e. The molecule has 0 saturated carbocycles. The molecule has 1 aliphatic rings. The first kappa shape index (κ1) is 14.2. The van der Waals surface area contributed by atoms with Gasteiger partial charge in [0, 0.05) is 28.2 Å². The van der Waals surface area contributed by atoms with Crippen LogP contribution < -0.4 is 5.32 Å². The molecule has 0 radical (unpaired) electrons. The Hall–Kier alpha value is -2.40. The lowest BCUT2D eigenvalue weighted by Crippen LogP contribution is -2.17. The van der Waals surface area contributed by atoms with Crippen LogP contribution in [-0.2, 0) is 4.74 Å². The van der Waals surface area contributed by atoms with Crippen molar-refractivity contribution in [2.45, 2.75) is 19.4 Å². The summed E-state index contributed by atoms with van der Waals surface area (Å²) < 4.78 is 7.03. The number of benzene rings is 1. The lowest BCUT2D eigenvalue weighted by molar-refractivity contribution is 0.280. The lowest BCUT2D eigenvalue weighted by atomic mass is 10.1. The first-order valence-corrected chi connectivity index (χ1v) is 8.36. The highest BCUT2D eigenvalue weighted by Gasteiger charge is 2.30. The number of thiophene rings is 1. The summed E-state index contributed by atoms with van der Waals surface area (Å²) in [5.41, 5.74) is 1.88. The summed E-state index contributed by atoms with van der Waals surface area (Å²) in [6.45, 7) is 4.78. The number of aromatic nitrogens is 1. The minimum atomic E-state index is -0.173. The molecular formula is C18H17N3OS. The number of anilines is 2. The normalized spacial score (nSPS) is 16.2. The number of hydrogen-bond acceptors (Lipinski definition) is 5. The van der Waals surface area contributed by atoms with Crippen LogP contribution in [0.25, 0.3) is 10.1 Å². The average molecular weight is 323 g/mol. The van der Waals surface area contributed by atoms with Crippen LogP contribution in [0.15, 0.2) is 53.8 Å². The van der Waals surface area contributed by atoms with Crippen molar-refractivity contribution in [2.75, 3.05) is 11.9 Å². The maximum absolute atomic E-state index is 5.86. The molecular weight excluding hydrogens is 306 g/mol. The molecule has 0 atom stereocenters. The molecule has 2 aromatic heterocycles. The van der Waals surface area contributed by atoms with Crippen LogP contribution in [0, 0.1) is 0 Å². The fourth-order valence-electron chi connectivity index (χ4n) is 2.58. The number of hydrogen-bond donors (Lipinski definition) is 1. The molecule has 23 heavy (non-hydrogen) atoms. The van der Waals surface area contributed by atoms with Crippen molar-refractivity contribution in [3.8, 4) is 0 Å². The number of rotatable bonds is 3. The molecule has 1 aromatic carbocycles. The fourth-order valence-corrected chi connectivity index (χ4v) is 3.65. The molecule has 3 heterocycles. The molecule has 116 valence electrons. The van der Waals surface area contributed by atoms with E-state index in [-0.39, 0.29) is 5.54 Å². The second-order valence-electron chi connectivity index (χ2n) is 6.19. The molecule has 0 aliphatic carbocycles. The predicted octanol–water partition coefficient (Wildman–Crippen LogP) is 4.60. The summed E-state index contributed by atoms with van der Waals surface area (Å²) in [6, 6.07) is 12.2. The van der Waals surface area contributed by atoms with E-state index in [2.05, 4.69) is 24.1 Å². The molecule has 0 spiro atoms. The van der Waals surface area contributed by atoms with Crippen molar-refractivity contribution in [3.63, 3.8) is 0 Å². The Balaban J connectivity index is 1.85. The van der Waals surface area contributed by atoms with Gasteiger partial charge >= 0.3 is 0 Å². The summed E-state index contributed by atoms with van der Waals surface area (Å²) in [6.07, 6.45) is 3.71. The van der Waals surface area contributed by atoms with Crippen molar-refractivity contribution >= 4 is 38.7 Å². The van der Waals surface area contributed by atoms with Crippen LogP contribution in [0.4, 0.5) is 11.4 Å². The second-order valence-corrected chi connectivity index (χ2v) is 7.24. The Morgan fingerprint density at radius 1 is 1.17 bits per heavy atom. The number of fused-ring (bicyclic) bond motifs is 1. The summed E-state index contributed by atoms with van der Waals surface area (Å²) >= 11 is 1.68. The summed E-state index contributed by atoms with van der Waals surface area (Å²) in [5, 5.41) is 4.60. The molecule has 0 saturated heterocycles. The number of aliphatic imine (C=N–C) groups is 1. The van der Waals surface area contributed by atoms with Crippen LogP contribution in [0.1, 0.15) is 18.7 Å². The molecule has 1 N–H and O–H groups in total. The van der Waals surface area contributed by atoms with Crippen molar-refractivity contribution in [1.29, 1.82) is 0 Å². The van der Waals surface area contributed by atoms with Gasteiger partial charge in [0.2, 0.25) is 5.90 Å². The molecule has 0 fully saturated rings. The summed E-state index contributed by atoms with van der Waals surface area (Å²) in [4.78, 5) is 10.0. The Bertz CT molecular complexity index is 884. The van der Waals surface area contributed by atoms with Gasteiger partial charge in [0.25, 0.3) is 0 Å². The van der Waals surface area contributed by atoms with Gasteiger partial charge in [-0.3, -0.25) is 4.98 Å². The van der Waals surface area contributed by atoms with E-state index in [0.29, 0.717) is 6.61 Å². The maximum atomic E-state index is 5.86. The van der Waals surface area contributed by atoms with Gasteiger partial charge in [-0.05, 0) is 32.0 Å². The minimum absolute atomic E-state index is 0.173. The quantitative estimate of drug-likeness (QED) is 0.766. The molecule has 0 amide bonds. The Labute approximate surface area is 138 Å². The number of nitrogens with zero attached hydrogens (tertiary/aromatic N) is 2. The SMILES string of the molecule is CC1(C)COC(c2sc3ccncc3c2Nc2ccccc2)=N1. The van der Waals surface area contributed by atoms with E-state index in [1.807, 2.05) is 48.8 Å². The van der Waals surface area contributed by atoms with E-state index in [0.717, 1.165) is 27.5 Å². The van der Waals surface area contributed by atoms with Gasteiger partial charge in [0.15, 0.2) is 0 Å². The number of pyridine rings is 1. The first-order valence-electron chi connectivity index (χ1n) is 7.54. The number of nitrogens with one attached hydrogen (secondary N) is 1. The van der Waals surface area contributed by atoms with E-state index in [1.54, 1.807) is 11.3 Å². The van der Waals surface area contributed by atoms with Crippen LogP contribution in [0.2, 0.25) is 0 Å². The molecule has 0 unspecified atom stereocenters. The summed E-state index contributed by atoms with van der Waals surface area (Å²) in [5.74, 6) is 0.717. The van der Waals surface area contributed by atoms with Gasteiger partial charge in [0.1, 0.15) is 11.5 Å². The molecule has 4 rings (SSSR count). The fraction of sp³-hybridized carbons (Fsp3) is 0.222. The topological polar surface area (TPSA) is 46.5 Å². The molecule has 0 bridgehead atoms. The van der Waals surface area contributed by atoms with Crippen molar-refractivity contribution in [2.24, 2.45) is 4.99 Å². The monoisotopic (exact) mass is 323 g/mol. The van der Waals surface area contributed by atoms with Crippen molar-refractivity contribution < 1.29 is 4.74 Å². The summed E-state index contributed by atoms with van der Waals surface area (Å²) in [7, 11) is 0. The van der Waals surface area contributed by atoms with Gasteiger partial charge in [0.05, 0.1) is 11.2 Å². The third-order valence-corrected chi connectivity index (χ3v) is 4.85. The van der Waals surface area contributed by atoms with Crippen LogP contribution in [-0.4, -0.2) is 23.0 Å². The van der Waals surface area contributed by atoms with Gasteiger partial charge in [-0.2, -0.15) is 0 Å². The molecule has 4 nitrogen and oxygen atoms in total. The van der Waals surface area contributed by atoms with E-state index in [9.17, 15) is 0 Å². The maximum Gasteiger partial charge on any atom is 0.229 e. The van der Waals surface area contributed by atoms with E-state index in [4.69, 9.17) is 9.73 Å². The van der Waals surface area contributed by atoms with E-state index >= 15 is 0 Å². The zero-order valence-electron chi connectivity index (χ0n) is 13.0. The second kappa shape index (κ2) is 5.35. The lowest BCUT2D eigenvalue weighted by Gasteiger charge is -2.08. The smallest absolute Gasteiger partial charge is 0.229 e. The Kier molecular flexibility index (Phi) is 3.31. The molecule has 3 aromatic rings. The standard InChI is InChI=1S/C18H17N3OS/c1-18(2)11-22-17(21-18)16-15(20-12-6-4-3-5-7-12)13-10-19-9-8-14(13)23-16/h3-10,20H,11H2,1-2H3. The van der Waals surface area contributed by atoms with E-state index < -0.39 is 0 Å². The zero-order valence-corrected chi connectivity index (χ0v) is 13.9. The highest BCUT2D eigenvalue weighted by molar-refractivity contribution is 7.21.